The van der Waals surface area contributed by atoms with E-state index < -0.39 is 0 Å². The van der Waals surface area contributed by atoms with E-state index in [9.17, 15) is 4.39 Å². The second kappa shape index (κ2) is 50.1. The Kier molecular flexibility index (Phi) is 35.2. The van der Waals surface area contributed by atoms with Gasteiger partial charge in [-0.2, -0.15) is 131 Å². The summed E-state index contributed by atoms with van der Waals surface area (Å²) < 4.78 is 22.6. The molecule has 0 saturated heterocycles. The summed E-state index contributed by atoms with van der Waals surface area (Å²) in [4.78, 5) is 21.4. The summed E-state index contributed by atoms with van der Waals surface area (Å²) in [5.41, 5.74) is 30.5. The maximum atomic E-state index is 12.6. The van der Waals surface area contributed by atoms with Gasteiger partial charge in [0.2, 0.25) is 0 Å². The van der Waals surface area contributed by atoms with Crippen LogP contribution < -0.4 is 29.8 Å². The zero-order valence-electron chi connectivity index (χ0n) is 82.1. The van der Waals surface area contributed by atoms with E-state index in [2.05, 4.69) is 351 Å². The van der Waals surface area contributed by atoms with Crippen molar-refractivity contribution in [3.63, 3.8) is 0 Å². The van der Waals surface area contributed by atoms with Crippen LogP contribution in [0.5, 0.6) is 0 Å². The first kappa shape index (κ1) is 104. The van der Waals surface area contributed by atoms with Crippen LogP contribution >= 0.6 is 0 Å². The van der Waals surface area contributed by atoms with Crippen LogP contribution in [0.2, 0.25) is 0 Å². The van der Waals surface area contributed by atoms with Gasteiger partial charge in [-0.25, -0.2) is 0 Å². The van der Waals surface area contributed by atoms with Crippen LogP contribution in [0.15, 0.2) is 463 Å². The van der Waals surface area contributed by atoms with Crippen LogP contribution in [0.3, 0.4) is 0 Å². The summed E-state index contributed by atoms with van der Waals surface area (Å²) >= 11 is 0. The van der Waals surface area contributed by atoms with Gasteiger partial charge in [-0.05, 0) is 220 Å². The van der Waals surface area contributed by atoms with Crippen molar-refractivity contribution < 1.29 is 64.7 Å². The van der Waals surface area contributed by atoms with Crippen LogP contribution in [-0.4, -0.2) is 88.7 Å². The summed E-state index contributed by atoms with van der Waals surface area (Å²) in [7, 11) is 3.94. The molecular formula is C124H102FIr3N20. The molecular weight excluding hydrogens is 2370 g/mol. The topological polar surface area (TPSA) is 163 Å². The van der Waals surface area contributed by atoms with Gasteiger partial charge in [0.25, 0.3) is 0 Å². The molecule has 0 amide bonds. The quantitative estimate of drug-likeness (QED) is 0.112. The third kappa shape index (κ3) is 24.9. The summed E-state index contributed by atoms with van der Waals surface area (Å²) in [6, 6.07) is 143. The molecule has 0 aliphatic carbocycles. The van der Waals surface area contributed by atoms with E-state index in [4.69, 9.17) is 0 Å². The molecule has 0 N–H and O–H groups in total. The fourth-order valence-electron chi connectivity index (χ4n) is 17.7. The van der Waals surface area contributed by atoms with Crippen molar-refractivity contribution in [1.29, 1.82) is 0 Å². The molecule has 14 aromatic carbocycles. The molecule has 23 aromatic rings. The van der Waals surface area contributed by atoms with Gasteiger partial charge in [-0.15, -0.1) is 53.8 Å². The second-order valence-corrected chi connectivity index (χ2v) is 34.6. The summed E-state index contributed by atoms with van der Waals surface area (Å²) in [6.07, 6.45) is 27.2. The number of halogens is 1. The number of para-hydroxylation sites is 11. The van der Waals surface area contributed by atoms with E-state index in [0.29, 0.717) is 6.17 Å². The molecule has 24 heteroatoms. The van der Waals surface area contributed by atoms with Crippen LogP contribution in [-0.2, 0) is 66.7 Å². The van der Waals surface area contributed by atoms with Crippen molar-refractivity contribution in [1.82, 2.24) is 78.6 Å². The number of pyridine rings is 2. The third-order valence-corrected chi connectivity index (χ3v) is 24.4. The summed E-state index contributed by atoms with van der Waals surface area (Å²) in [5.74, 6) is -0.264. The van der Waals surface area contributed by atoms with Gasteiger partial charge in [-0.1, -0.05) is 188 Å². The molecule has 13 heterocycles. The SMILES string of the molecule is CN1C=CN(c2[c-]cc(F)cc2)[CH-]1.Cc1c[c-]c(N2C=CN(C)[CH-]2)cc1.Cc1cnc(-c2ccn[n-]2)c(C)c1.Cc1cnc(-c2ccn[n-]2)c(C)c1.[Ir+3].[Ir+3].[Ir+3].[c-]1ccccc1-n1cccn1.[c-]1ccccc1-n1cccn1.[c-]1ccccc1-n1cccn1.c1ccc(N2c3ccccc3N3c4ccccc4CC23)cc1.c1ccc2c(c1)c1ccccc1n2-c1ccc(-c2ccc(-n3c4ccccc4c4ccccc43)cc2)cc1. The predicted octanol–water partition coefficient (Wildman–Crippen LogP) is 27.0. The van der Waals surface area contributed by atoms with Gasteiger partial charge in [0.1, 0.15) is 6.17 Å². The maximum absolute atomic E-state index is 12.6. The fraction of sp³-hybridized carbons (Fsp3) is 0.0726. The first-order chi connectivity index (χ1) is 71.2. The smallest absolute Gasteiger partial charge is 0.574 e. The van der Waals surface area contributed by atoms with E-state index in [-0.39, 0.29) is 66.1 Å². The molecule has 0 bridgehead atoms. The minimum atomic E-state index is -0.264. The monoisotopic (exact) mass is 2470 g/mol. The molecule has 4 aliphatic rings. The van der Waals surface area contributed by atoms with Crippen LogP contribution in [0.25, 0.3) is 106 Å². The third-order valence-electron chi connectivity index (χ3n) is 24.4. The summed E-state index contributed by atoms with van der Waals surface area (Å²) in [5, 5.41) is 32.8. The molecule has 0 fully saturated rings. The molecule has 9 aromatic heterocycles. The van der Waals surface area contributed by atoms with Crippen molar-refractivity contribution in [3.05, 3.63) is 546 Å². The van der Waals surface area contributed by atoms with Gasteiger partial charge < -0.3 is 58.9 Å². The largest absolute Gasteiger partial charge is 3.00 e. The fourth-order valence-corrected chi connectivity index (χ4v) is 17.7. The molecule has 20 nitrogen and oxygen atoms in total. The van der Waals surface area contributed by atoms with Crippen LogP contribution in [0.4, 0.5) is 38.5 Å². The first-order valence-electron chi connectivity index (χ1n) is 47.6. The Balaban J connectivity index is 0.000000124. The van der Waals surface area contributed by atoms with Gasteiger partial charge in [0.15, 0.2) is 0 Å². The van der Waals surface area contributed by atoms with E-state index >= 15 is 0 Å². The molecule has 1 unspecified atom stereocenters. The number of rotatable bonds is 11. The normalized spacial score (nSPS) is 12.4. The predicted molar refractivity (Wildman–Crippen MR) is 582 cm³/mol. The van der Waals surface area contributed by atoms with Crippen molar-refractivity contribution in [3.8, 4) is 62.3 Å². The Bertz CT molecular complexity index is 7550. The molecule has 0 radical (unpaired) electrons. The number of benzene rings is 14. The Hall–Kier alpha value is -16.8. The molecule has 0 spiro atoms. The maximum Gasteiger partial charge on any atom is 3.00 e. The molecule has 1 atom stereocenters. The molecule has 27 rings (SSSR count). The number of aryl methyl sites for hydroxylation is 5. The Morgan fingerprint density at radius 3 is 1.07 bits per heavy atom. The number of hydrogen-bond acceptors (Lipinski definition) is 13. The van der Waals surface area contributed by atoms with Crippen molar-refractivity contribution in [2.75, 3.05) is 33.7 Å². The molecule has 148 heavy (non-hydrogen) atoms. The van der Waals surface area contributed by atoms with Gasteiger partial charge in [0.05, 0.1) is 44.8 Å². The Morgan fingerprint density at radius 2 is 0.716 bits per heavy atom. The average molecular weight is 2470 g/mol. The number of hydrogen-bond donors (Lipinski definition) is 0. The number of aromatic nitrogens is 14. The van der Waals surface area contributed by atoms with E-state index in [1.54, 1.807) is 51.1 Å². The van der Waals surface area contributed by atoms with Gasteiger partial charge in [-0.3, -0.25) is 28.4 Å². The minimum Gasteiger partial charge on any atom is -0.574 e. The minimum absolute atomic E-state index is 0. The van der Waals surface area contributed by atoms with E-state index in [0.717, 1.165) is 68.8 Å². The average Bonchev–Trinajstić information content (AvgIpc) is 1.57. The summed E-state index contributed by atoms with van der Waals surface area (Å²) in [6.45, 7) is 14.1. The number of anilines is 6. The van der Waals surface area contributed by atoms with Crippen LogP contribution in [0.1, 0.15) is 33.4 Å². The number of fused-ring (bicyclic) bond motifs is 11. The van der Waals surface area contributed by atoms with E-state index in [1.165, 1.54) is 123 Å². The van der Waals surface area contributed by atoms with E-state index in [1.807, 2.05) is 240 Å². The van der Waals surface area contributed by atoms with Gasteiger partial charge in [0, 0.05) is 119 Å². The molecule has 4 aliphatic heterocycles. The van der Waals surface area contributed by atoms with Crippen molar-refractivity contribution in [2.45, 2.75) is 47.2 Å². The van der Waals surface area contributed by atoms with Crippen molar-refractivity contribution >= 4 is 77.7 Å². The molecule has 0 saturated carbocycles. The first-order valence-corrected chi connectivity index (χ1v) is 47.6. The van der Waals surface area contributed by atoms with Crippen LogP contribution in [0, 0.1) is 84.1 Å². The second-order valence-electron chi connectivity index (χ2n) is 34.6. The standard InChI is InChI=1S/C36H24N2.C20H16N2.C11H12N2.C10H9FN2.2C10H10N3.3C9H7N2.3Ir/c1-5-13-33-29(9-1)30-10-2-6-14-34(30)37(33)27-21-17-25(18-22-27)26-19-23-28(24-20-26)38-35-15-7-3-11-31(35)32-12-4-8-16-36(32)38;1-2-9-16(10-3-1)21-18-12-6-7-13-19(18)22-17-11-5-4-8-15(17)14-20(21)22;1-10-3-5-11(6-4-10)13-8-7-12(2)9-13;1-12-6-7-13(8-12)10-4-2-9(11)3-5-10;2*1-7-5-8(2)10(11-6-7)9-3-4-12-13-9;3*1-2-5-9(6-3-1)11-8-4-7-10-11;;;/h1-24H;1-13,20H,14H2;3-5,7-9H,1-2H3;2-4,6-8H,1H3;2*3-6H,1-2H3;3*1-5,7-8H;;;/q;;2*-2;5*-1;3*+3. The van der Waals surface area contributed by atoms with Gasteiger partial charge >= 0.3 is 60.3 Å². The molecule has 732 valence electrons. The zero-order valence-corrected chi connectivity index (χ0v) is 89.3. The number of nitrogens with zero attached hydrogens (tertiary/aromatic N) is 20. The van der Waals surface area contributed by atoms with Crippen molar-refractivity contribution in [2.24, 2.45) is 0 Å². The zero-order chi connectivity index (χ0) is 99.2. The Labute approximate surface area is 902 Å². The Morgan fingerprint density at radius 1 is 0.331 bits per heavy atom.